The average Bonchev–Trinajstić information content (AvgIpc) is 2.72. The SMILES string of the molecule is Cc1cccc(N(C)S(=O)(=O)c2cccc(C(=O)NCc3ccncc3)c2)c1. The lowest BCUT2D eigenvalue weighted by molar-refractivity contribution is 0.0950. The number of nitrogens with one attached hydrogen (secondary N) is 1. The number of amides is 1. The molecule has 1 heterocycles. The molecule has 0 atom stereocenters. The van der Waals surface area contributed by atoms with Crippen molar-refractivity contribution < 1.29 is 13.2 Å². The van der Waals surface area contributed by atoms with E-state index in [1.54, 1.807) is 54.9 Å². The summed E-state index contributed by atoms with van der Waals surface area (Å²) in [5.41, 5.74) is 2.72. The highest BCUT2D eigenvalue weighted by molar-refractivity contribution is 7.92. The molecule has 0 bridgehead atoms. The number of benzene rings is 2. The normalized spacial score (nSPS) is 11.1. The van der Waals surface area contributed by atoms with E-state index in [0.717, 1.165) is 11.1 Å². The molecule has 0 fully saturated rings. The first-order valence-corrected chi connectivity index (χ1v) is 10.1. The van der Waals surface area contributed by atoms with E-state index in [2.05, 4.69) is 10.3 Å². The molecule has 7 heteroatoms. The van der Waals surface area contributed by atoms with Gasteiger partial charge in [0.25, 0.3) is 15.9 Å². The molecule has 0 aliphatic rings. The number of carbonyl (C=O) groups is 1. The largest absolute Gasteiger partial charge is 0.348 e. The summed E-state index contributed by atoms with van der Waals surface area (Å²) in [5.74, 6) is -0.341. The first-order chi connectivity index (χ1) is 13.4. The predicted molar refractivity (Wildman–Crippen MR) is 109 cm³/mol. The molecule has 0 saturated carbocycles. The van der Waals surface area contributed by atoms with Gasteiger partial charge in [0, 0.05) is 31.5 Å². The molecule has 144 valence electrons. The predicted octanol–water partition coefficient (Wildman–Crippen LogP) is 3.15. The van der Waals surface area contributed by atoms with Crippen LogP contribution in [0.3, 0.4) is 0 Å². The van der Waals surface area contributed by atoms with Gasteiger partial charge < -0.3 is 5.32 Å². The lowest BCUT2D eigenvalue weighted by Gasteiger charge is -2.20. The van der Waals surface area contributed by atoms with E-state index in [-0.39, 0.29) is 16.4 Å². The minimum Gasteiger partial charge on any atom is -0.348 e. The van der Waals surface area contributed by atoms with Gasteiger partial charge in [-0.1, -0.05) is 18.2 Å². The van der Waals surface area contributed by atoms with Crippen LogP contribution < -0.4 is 9.62 Å². The Morgan fingerprint density at radius 1 is 1.04 bits per heavy atom. The highest BCUT2D eigenvalue weighted by atomic mass is 32.2. The van der Waals surface area contributed by atoms with Gasteiger partial charge in [-0.25, -0.2) is 8.42 Å². The van der Waals surface area contributed by atoms with Gasteiger partial charge in [0.15, 0.2) is 0 Å². The summed E-state index contributed by atoms with van der Waals surface area (Å²) in [4.78, 5) is 16.4. The number of nitrogens with zero attached hydrogens (tertiary/aromatic N) is 2. The molecular formula is C21H21N3O3S. The molecule has 3 aromatic rings. The van der Waals surface area contributed by atoms with Crippen molar-refractivity contribution in [1.82, 2.24) is 10.3 Å². The second-order valence-electron chi connectivity index (χ2n) is 6.38. The number of hydrogen-bond acceptors (Lipinski definition) is 4. The summed E-state index contributed by atoms with van der Waals surface area (Å²) in [5, 5.41) is 2.79. The Morgan fingerprint density at radius 3 is 2.46 bits per heavy atom. The molecule has 0 radical (unpaired) electrons. The van der Waals surface area contributed by atoms with Gasteiger partial charge in [0.05, 0.1) is 10.6 Å². The van der Waals surface area contributed by atoms with Crippen molar-refractivity contribution in [3.63, 3.8) is 0 Å². The van der Waals surface area contributed by atoms with Crippen LogP contribution in [-0.4, -0.2) is 26.4 Å². The summed E-state index contributed by atoms with van der Waals surface area (Å²) >= 11 is 0. The van der Waals surface area contributed by atoms with Crippen LogP contribution >= 0.6 is 0 Å². The van der Waals surface area contributed by atoms with Gasteiger partial charge >= 0.3 is 0 Å². The fraction of sp³-hybridized carbons (Fsp3) is 0.143. The van der Waals surface area contributed by atoms with Crippen LogP contribution in [0.25, 0.3) is 0 Å². The Labute approximate surface area is 164 Å². The quantitative estimate of drug-likeness (QED) is 0.695. The molecule has 0 saturated heterocycles. The molecular weight excluding hydrogens is 374 g/mol. The minimum atomic E-state index is -3.79. The second-order valence-corrected chi connectivity index (χ2v) is 8.35. The van der Waals surface area contributed by atoms with Gasteiger partial charge in [0.1, 0.15) is 0 Å². The van der Waals surface area contributed by atoms with Gasteiger partial charge in [-0.2, -0.15) is 0 Å². The molecule has 2 aromatic carbocycles. The van der Waals surface area contributed by atoms with Crippen molar-refractivity contribution in [1.29, 1.82) is 0 Å². The third-order valence-corrected chi connectivity index (χ3v) is 6.10. The van der Waals surface area contributed by atoms with Crippen molar-refractivity contribution in [2.24, 2.45) is 0 Å². The fourth-order valence-electron chi connectivity index (χ4n) is 2.70. The van der Waals surface area contributed by atoms with Crippen molar-refractivity contribution in [3.8, 4) is 0 Å². The van der Waals surface area contributed by atoms with E-state index in [1.165, 1.54) is 23.5 Å². The number of hydrogen-bond donors (Lipinski definition) is 1. The van der Waals surface area contributed by atoms with E-state index in [9.17, 15) is 13.2 Å². The third-order valence-electron chi connectivity index (χ3n) is 4.32. The van der Waals surface area contributed by atoms with Crippen molar-refractivity contribution in [3.05, 3.63) is 89.7 Å². The topological polar surface area (TPSA) is 79.4 Å². The number of aryl methyl sites for hydroxylation is 1. The van der Waals surface area contributed by atoms with Gasteiger partial charge in [0.2, 0.25) is 0 Å². The number of sulfonamides is 1. The molecule has 0 aliphatic heterocycles. The molecule has 28 heavy (non-hydrogen) atoms. The van der Waals surface area contributed by atoms with Gasteiger partial charge in [-0.3, -0.25) is 14.1 Å². The molecule has 1 N–H and O–H groups in total. The summed E-state index contributed by atoms with van der Waals surface area (Å²) in [7, 11) is -2.29. The lowest BCUT2D eigenvalue weighted by Crippen LogP contribution is -2.27. The van der Waals surface area contributed by atoms with E-state index in [0.29, 0.717) is 12.2 Å². The Bertz CT molecular complexity index is 1080. The fourth-order valence-corrected chi connectivity index (χ4v) is 3.94. The van der Waals surface area contributed by atoms with Gasteiger partial charge in [-0.15, -0.1) is 0 Å². The van der Waals surface area contributed by atoms with E-state index < -0.39 is 10.0 Å². The second kappa shape index (κ2) is 8.22. The number of anilines is 1. The summed E-state index contributed by atoms with van der Waals surface area (Å²) in [6.45, 7) is 2.24. The van der Waals surface area contributed by atoms with Crippen LogP contribution in [0, 0.1) is 6.92 Å². The molecule has 1 amide bonds. The van der Waals surface area contributed by atoms with Gasteiger partial charge in [-0.05, 0) is 60.5 Å². The maximum atomic E-state index is 13.0. The van der Waals surface area contributed by atoms with Crippen LogP contribution in [0.5, 0.6) is 0 Å². The van der Waals surface area contributed by atoms with E-state index >= 15 is 0 Å². The smallest absolute Gasteiger partial charge is 0.264 e. The first kappa shape index (κ1) is 19.6. The monoisotopic (exact) mass is 395 g/mol. The standard InChI is InChI=1S/C21H21N3O3S/c1-16-5-3-7-19(13-16)24(2)28(26,27)20-8-4-6-18(14-20)21(25)23-15-17-9-11-22-12-10-17/h3-14H,15H2,1-2H3,(H,23,25). The van der Waals surface area contributed by atoms with Crippen LogP contribution in [0.1, 0.15) is 21.5 Å². The Balaban J connectivity index is 1.80. The van der Waals surface area contributed by atoms with Crippen LogP contribution in [0.15, 0.2) is 78.0 Å². The van der Waals surface area contributed by atoms with Crippen LogP contribution in [-0.2, 0) is 16.6 Å². The first-order valence-electron chi connectivity index (χ1n) is 8.71. The molecule has 3 rings (SSSR count). The summed E-state index contributed by atoms with van der Waals surface area (Å²) in [6.07, 6.45) is 3.30. The highest BCUT2D eigenvalue weighted by Crippen LogP contribution is 2.23. The van der Waals surface area contributed by atoms with Crippen molar-refractivity contribution in [2.45, 2.75) is 18.4 Å². The van der Waals surface area contributed by atoms with E-state index in [1.807, 2.05) is 13.0 Å². The minimum absolute atomic E-state index is 0.0630. The molecule has 0 spiro atoms. The van der Waals surface area contributed by atoms with Crippen LogP contribution in [0.4, 0.5) is 5.69 Å². The maximum Gasteiger partial charge on any atom is 0.264 e. The molecule has 1 aromatic heterocycles. The Morgan fingerprint density at radius 2 is 1.75 bits per heavy atom. The van der Waals surface area contributed by atoms with Crippen molar-refractivity contribution in [2.75, 3.05) is 11.4 Å². The number of pyridine rings is 1. The third kappa shape index (κ3) is 4.37. The molecule has 0 aliphatic carbocycles. The number of carbonyl (C=O) groups excluding carboxylic acids is 1. The van der Waals surface area contributed by atoms with Crippen LogP contribution in [0.2, 0.25) is 0 Å². The number of aromatic nitrogens is 1. The van der Waals surface area contributed by atoms with E-state index in [4.69, 9.17) is 0 Å². The zero-order valence-electron chi connectivity index (χ0n) is 15.7. The summed E-state index contributed by atoms with van der Waals surface area (Å²) in [6, 6.07) is 16.9. The Hall–Kier alpha value is -3.19. The zero-order chi connectivity index (χ0) is 20.1. The average molecular weight is 395 g/mol. The number of rotatable bonds is 6. The summed E-state index contributed by atoms with van der Waals surface area (Å²) < 4.78 is 27.2. The highest BCUT2D eigenvalue weighted by Gasteiger charge is 2.22. The lowest BCUT2D eigenvalue weighted by atomic mass is 10.2. The molecule has 6 nitrogen and oxygen atoms in total. The Kier molecular flexibility index (Phi) is 5.75. The molecule has 0 unspecified atom stereocenters. The van der Waals surface area contributed by atoms with Crippen molar-refractivity contribution >= 4 is 21.6 Å². The maximum absolute atomic E-state index is 13.0. The zero-order valence-corrected chi connectivity index (χ0v) is 16.5.